The maximum Gasteiger partial charge on any atom is 0.273 e. The summed E-state index contributed by atoms with van der Waals surface area (Å²) in [6.45, 7) is 3.24. The van der Waals surface area contributed by atoms with Gasteiger partial charge in [-0.25, -0.2) is 8.78 Å². The van der Waals surface area contributed by atoms with Gasteiger partial charge in [-0.05, 0) is 18.1 Å². The summed E-state index contributed by atoms with van der Waals surface area (Å²) in [7, 11) is 0. The van der Waals surface area contributed by atoms with Gasteiger partial charge in [0.1, 0.15) is 0 Å². The van der Waals surface area contributed by atoms with Gasteiger partial charge in [0.25, 0.3) is 5.92 Å². The lowest BCUT2D eigenvalue weighted by Crippen LogP contribution is -2.15. The van der Waals surface area contributed by atoms with E-state index >= 15 is 0 Å². The Morgan fingerprint density at radius 3 is 2.40 bits per heavy atom. The summed E-state index contributed by atoms with van der Waals surface area (Å²) in [5.41, 5.74) is 6.40. The molecule has 0 aliphatic heterocycles. The summed E-state index contributed by atoms with van der Waals surface area (Å²) < 4.78 is 27.1. The van der Waals surface area contributed by atoms with Crippen molar-refractivity contribution in [1.82, 2.24) is 0 Å². The number of halogens is 3. The van der Waals surface area contributed by atoms with Gasteiger partial charge in [-0.1, -0.05) is 31.5 Å². The van der Waals surface area contributed by atoms with Crippen molar-refractivity contribution in [3.05, 3.63) is 28.3 Å². The summed E-state index contributed by atoms with van der Waals surface area (Å²) in [6, 6.07) is 2.79. The zero-order chi connectivity index (χ0) is 11.6. The van der Waals surface area contributed by atoms with Gasteiger partial charge in [0.2, 0.25) is 0 Å². The van der Waals surface area contributed by atoms with Gasteiger partial charge in [-0.3, -0.25) is 0 Å². The van der Waals surface area contributed by atoms with Crippen LogP contribution < -0.4 is 5.73 Å². The molecule has 0 aromatic heterocycles. The van der Waals surface area contributed by atoms with Crippen LogP contribution in [0.4, 0.5) is 14.5 Å². The third kappa shape index (κ3) is 2.23. The highest BCUT2D eigenvalue weighted by molar-refractivity contribution is 6.33. The van der Waals surface area contributed by atoms with Crippen molar-refractivity contribution in [2.75, 3.05) is 5.73 Å². The number of benzene rings is 1. The van der Waals surface area contributed by atoms with E-state index in [0.717, 1.165) is 0 Å². The van der Waals surface area contributed by atoms with Crippen LogP contribution in [-0.2, 0) is 12.3 Å². The molecule has 1 aromatic rings. The fourth-order valence-electron chi connectivity index (χ4n) is 1.55. The first-order valence-electron chi connectivity index (χ1n) is 4.89. The number of hydrogen-bond acceptors (Lipinski definition) is 1. The minimum absolute atomic E-state index is 0.00519. The predicted octanol–water partition coefficient (Wildman–Crippen LogP) is 3.99. The van der Waals surface area contributed by atoms with Crippen LogP contribution in [0, 0.1) is 0 Å². The third-order valence-electron chi connectivity index (χ3n) is 2.50. The average Bonchev–Trinajstić information content (AvgIpc) is 2.21. The number of rotatable bonds is 3. The Morgan fingerprint density at radius 2 is 1.93 bits per heavy atom. The van der Waals surface area contributed by atoms with Crippen molar-refractivity contribution in [1.29, 1.82) is 0 Å². The number of hydrogen-bond donors (Lipinski definition) is 1. The van der Waals surface area contributed by atoms with E-state index < -0.39 is 5.92 Å². The molecule has 0 bridgehead atoms. The Hall–Kier alpha value is -0.830. The van der Waals surface area contributed by atoms with Crippen LogP contribution in [0.25, 0.3) is 0 Å². The zero-order valence-corrected chi connectivity index (χ0v) is 9.54. The first kappa shape index (κ1) is 12.2. The van der Waals surface area contributed by atoms with Gasteiger partial charge in [0.05, 0.1) is 10.7 Å². The van der Waals surface area contributed by atoms with Crippen LogP contribution in [0.1, 0.15) is 31.4 Å². The van der Waals surface area contributed by atoms with E-state index in [1.807, 2.05) is 0 Å². The second-order valence-corrected chi connectivity index (χ2v) is 3.81. The van der Waals surface area contributed by atoms with E-state index in [2.05, 4.69) is 0 Å². The minimum atomic E-state index is -2.83. The molecular weight excluding hydrogens is 220 g/mol. The molecule has 2 N–H and O–H groups in total. The van der Waals surface area contributed by atoms with Crippen LogP contribution in [0.2, 0.25) is 5.02 Å². The Bertz CT molecular complexity index is 364. The SMILES string of the molecule is CCc1c(C(F)(F)CC)ccc(Cl)c1N. The molecule has 1 rings (SSSR count). The van der Waals surface area contributed by atoms with E-state index in [1.54, 1.807) is 6.92 Å². The molecule has 0 saturated heterocycles. The smallest absolute Gasteiger partial charge is 0.273 e. The molecule has 0 saturated carbocycles. The van der Waals surface area contributed by atoms with E-state index in [9.17, 15) is 8.78 Å². The highest BCUT2D eigenvalue weighted by Crippen LogP contribution is 2.38. The molecule has 4 heteroatoms. The van der Waals surface area contributed by atoms with Crippen LogP contribution in [0.15, 0.2) is 12.1 Å². The van der Waals surface area contributed by atoms with Crippen molar-refractivity contribution in [3.8, 4) is 0 Å². The predicted molar refractivity (Wildman–Crippen MR) is 59.4 cm³/mol. The quantitative estimate of drug-likeness (QED) is 0.785. The molecule has 0 heterocycles. The summed E-state index contributed by atoms with van der Waals surface area (Å²) in [5, 5.41) is 0.336. The lowest BCUT2D eigenvalue weighted by atomic mass is 9.96. The van der Waals surface area contributed by atoms with Gasteiger partial charge < -0.3 is 5.73 Å². The molecule has 0 spiro atoms. The first-order chi connectivity index (χ1) is 6.94. The number of alkyl halides is 2. The Balaban J connectivity index is 3.37. The Morgan fingerprint density at radius 1 is 1.33 bits per heavy atom. The molecule has 15 heavy (non-hydrogen) atoms. The lowest BCUT2D eigenvalue weighted by molar-refractivity contribution is -0.00903. The molecule has 0 atom stereocenters. The van der Waals surface area contributed by atoms with Gasteiger partial charge in [-0.2, -0.15) is 0 Å². The highest BCUT2D eigenvalue weighted by atomic mass is 35.5. The molecule has 0 radical (unpaired) electrons. The van der Waals surface area contributed by atoms with Crippen LogP contribution >= 0.6 is 11.6 Å². The van der Waals surface area contributed by atoms with Crippen molar-refractivity contribution in [2.45, 2.75) is 32.6 Å². The molecule has 0 amide bonds. The Kier molecular flexibility index (Phi) is 3.55. The monoisotopic (exact) mass is 233 g/mol. The maximum atomic E-state index is 13.5. The van der Waals surface area contributed by atoms with E-state index in [4.69, 9.17) is 17.3 Å². The van der Waals surface area contributed by atoms with Crippen molar-refractivity contribution < 1.29 is 8.78 Å². The third-order valence-corrected chi connectivity index (χ3v) is 2.83. The zero-order valence-electron chi connectivity index (χ0n) is 8.78. The van der Waals surface area contributed by atoms with Crippen LogP contribution in [0.3, 0.4) is 0 Å². The fourth-order valence-corrected chi connectivity index (χ4v) is 1.73. The molecule has 0 aliphatic carbocycles. The van der Waals surface area contributed by atoms with Gasteiger partial charge in [0, 0.05) is 12.0 Å². The summed E-state index contributed by atoms with van der Waals surface area (Å²) in [5.74, 6) is -2.83. The summed E-state index contributed by atoms with van der Waals surface area (Å²) >= 11 is 5.79. The second-order valence-electron chi connectivity index (χ2n) is 3.40. The Labute approximate surface area is 93.2 Å². The van der Waals surface area contributed by atoms with Gasteiger partial charge in [0.15, 0.2) is 0 Å². The van der Waals surface area contributed by atoms with Crippen molar-refractivity contribution >= 4 is 17.3 Å². The van der Waals surface area contributed by atoms with E-state index in [1.165, 1.54) is 19.1 Å². The van der Waals surface area contributed by atoms with Gasteiger partial charge in [-0.15, -0.1) is 0 Å². The largest absolute Gasteiger partial charge is 0.397 e. The molecule has 0 fully saturated rings. The summed E-state index contributed by atoms with van der Waals surface area (Å²) in [4.78, 5) is 0. The number of nitrogens with two attached hydrogens (primary N) is 1. The first-order valence-corrected chi connectivity index (χ1v) is 5.27. The fraction of sp³-hybridized carbons (Fsp3) is 0.455. The van der Waals surface area contributed by atoms with Crippen LogP contribution in [0.5, 0.6) is 0 Å². The van der Waals surface area contributed by atoms with E-state index in [0.29, 0.717) is 17.0 Å². The number of nitrogen functional groups attached to an aromatic ring is 1. The molecule has 0 unspecified atom stereocenters. The minimum Gasteiger partial charge on any atom is -0.397 e. The lowest BCUT2D eigenvalue weighted by Gasteiger charge is -2.19. The second kappa shape index (κ2) is 4.35. The molecule has 0 aliphatic rings. The van der Waals surface area contributed by atoms with Crippen molar-refractivity contribution in [3.63, 3.8) is 0 Å². The van der Waals surface area contributed by atoms with E-state index in [-0.39, 0.29) is 17.7 Å². The molecular formula is C11H14ClF2N. The van der Waals surface area contributed by atoms with Crippen LogP contribution in [-0.4, -0.2) is 0 Å². The average molecular weight is 234 g/mol. The molecule has 84 valence electrons. The van der Waals surface area contributed by atoms with Gasteiger partial charge >= 0.3 is 0 Å². The summed E-state index contributed by atoms with van der Waals surface area (Å²) in [6.07, 6.45) is 0.221. The van der Waals surface area contributed by atoms with Crippen molar-refractivity contribution in [2.24, 2.45) is 0 Å². The topological polar surface area (TPSA) is 26.0 Å². The maximum absolute atomic E-state index is 13.5. The molecule has 1 aromatic carbocycles. The molecule has 1 nitrogen and oxygen atoms in total. The normalized spacial score (nSPS) is 11.8. The number of anilines is 1. The standard InChI is InChI=1S/C11H14ClF2N/c1-3-7-8(11(13,14)4-2)5-6-9(12)10(7)15/h5-6H,3-4,15H2,1-2H3. The highest BCUT2D eigenvalue weighted by Gasteiger charge is 2.32.